The molecule has 0 bridgehead atoms. The van der Waals surface area contributed by atoms with E-state index in [2.05, 4.69) is 55.2 Å². The van der Waals surface area contributed by atoms with Gasteiger partial charge in [0.1, 0.15) is 0 Å². The van der Waals surface area contributed by atoms with Crippen LogP contribution in [-0.2, 0) is 5.41 Å². The van der Waals surface area contributed by atoms with Gasteiger partial charge in [-0.3, -0.25) is 9.89 Å². The largest absolute Gasteiger partial charge is 0.329 e. The quantitative estimate of drug-likeness (QED) is 0.873. The molecule has 1 aliphatic heterocycles. The van der Waals surface area contributed by atoms with Gasteiger partial charge >= 0.3 is 0 Å². The minimum atomic E-state index is -0.0414. The van der Waals surface area contributed by atoms with Crippen molar-refractivity contribution in [3.05, 3.63) is 52.3 Å². The van der Waals surface area contributed by atoms with Gasteiger partial charge in [-0.05, 0) is 23.5 Å². The predicted octanol–water partition coefficient (Wildman–Crippen LogP) is 3.19. The standard InChI is InChI=1S/C17H21N3O/c1-10-13-14(19-18-10)16(21)20(5)15(13)11-6-8-12(9-7-11)17(2,3)4/h6-9,15H,1-5H3,(H,18,19)/t15-/m0/s1. The van der Waals surface area contributed by atoms with Gasteiger partial charge in [0.15, 0.2) is 5.69 Å². The fraction of sp³-hybridized carbons (Fsp3) is 0.412. The Morgan fingerprint density at radius 1 is 1.19 bits per heavy atom. The van der Waals surface area contributed by atoms with Crippen molar-refractivity contribution in [2.75, 3.05) is 7.05 Å². The van der Waals surface area contributed by atoms with Crippen molar-refractivity contribution >= 4 is 5.91 Å². The average Bonchev–Trinajstić information content (AvgIpc) is 2.90. The second kappa shape index (κ2) is 4.45. The molecule has 1 N–H and O–H groups in total. The highest BCUT2D eigenvalue weighted by Gasteiger charge is 2.39. The van der Waals surface area contributed by atoms with Gasteiger partial charge in [0.25, 0.3) is 5.91 Å². The molecule has 1 aliphatic rings. The van der Waals surface area contributed by atoms with Crippen LogP contribution in [0.25, 0.3) is 0 Å². The van der Waals surface area contributed by atoms with Crippen molar-refractivity contribution in [1.29, 1.82) is 0 Å². The van der Waals surface area contributed by atoms with E-state index in [9.17, 15) is 4.79 Å². The molecule has 0 saturated carbocycles. The SMILES string of the molecule is Cc1[nH]nc2c1[C@H](c1ccc(C(C)(C)C)cc1)N(C)C2=O. The van der Waals surface area contributed by atoms with Crippen molar-refractivity contribution < 1.29 is 4.79 Å². The average molecular weight is 283 g/mol. The first-order chi connectivity index (χ1) is 9.80. The number of aromatic nitrogens is 2. The van der Waals surface area contributed by atoms with Gasteiger partial charge in [-0.2, -0.15) is 5.10 Å². The molecule has 1 amide bonds. The molecule has 0 spiro atoms. The van der Waals surface area contributed by atoms with Gasteiger partial charge < -0.3 is 4.90 Å². The summed E-state index contributed by atoms with van der Waals surface area (Å²) in [6, 6.07) is 8.51. The van der Waals surface area contributed by atoms with Crippen LogP contribution < -0.4 is 0 Å². The Balaban J connectivity index is 2.05. The van der Waals surface area contributed by atoms with E-state index >= 15 is 0 Å². The third-order valence-electron chi connectivity index (χ3n) is 4.27. The van der Waals surface area contributed by atoms with Crippen LogP contribution in [0.2, 0.25) is 0 Å². The highest BCUT2D eigenvalue weighted by molar-refractivity contribution is 5.98. The summed E-state index contributed by atoms with van der Waals surface area (Å²) in [5.74, 6) is -0.0146. The van der Waals surface area contributed by atoms with Crippen molar-refractivity contribution in [2.45, 2.75) is 39.2 Å². The van der Waals surface area contributed by atoms with E-state index in [1.54, 1.807) is 4.90 Å². The van der Waals surface area contributed by atoms with E-state index in [-0.39, 0.29) is 17.4 Å². The number of hydrogen-bond acceptors (Lipinski definition) is 2. The maximum Gasteiger partial charge on any atom is 0.275 e. The molecule has 0 saturated heterocycles. The monoisotopic (exact) mass is 283 g/mol. The number of fused-ring (bicyclic) bond motifs is 1. The lowest BCUT2D eigenvalue weighted by Crippen LogP contribution is -2.25. The smallest absolute Gasteiger partial charge is 0.275 e. The van der Waals surface area contributed by atoms with E-state index in [0.29, 0.717) is 5.69 Å². The van der Waals surface area contributed by atoms with Crippen molar-refractivity contribution in [3.8, 4) is 0 Å². The Labute approximate surface area is 125 Å². The number of carbonyl (C=O) groups excluding carboxylic acids is 1. The van der Waals surface area contributed by atoms with Crippen LogP contribution >= 0.6 is 0 Å². The van der Waals surface area contributed by atoms with Crippen LogP contribution in [0.15, 0.2) is 24.3 Å². The third-order valence-corrected chi connectivity index (χ3v) is 4.27. The zero-order valence-electron chi connectivity index (χ0n) is 13.2. The molecule has 4 nitrogen and oxygen atoms in total. The molecule has 2 heterocycles. The molecule has 0 unspecified atom stereocenters. The Kier molecular flexibility index (Phi) is 2.94. The molecule has 3 rings (SSSR count). The van der Waals surface area contributed by atoms with E-state index in [0.717, 1.165) is 16.8 Å². The minimum absolute atomic E-state index is 0.0146. The molecular weight excluding hydrogens is 262 g/mol. The summed E-state index contributed by atoms with van der Waals surface area (Å²) in [7, 11) is 1.84. The number of aromatic amines is 1. The zero-order chi connectivity index (χ0) is 15.4. The van der Waals surface area contributed by atoms with Crippen LogP contribution in [0.4, 0.5) is 0 Å². The summed E-state index contributed by atoms with van der Waals surface area (Å²) in [4.78, 5) is 14.0. The molecule has 4 heteroatoms. The lowest BCUT2D eigenvalue weighted by atomic mass is 9.86. The maximum absolute atomic E-state index is 12.3. The molecule has 0 fully saturated rings. The summed E-state index contributed by atoms with van der Waals surface area (Å²) in [5, 5.41) is 7.07. The fourth-order valence-electron chi connectivity index (χ4n) is 2.97. The Morgan fingerprint density at radius 2 is 1.81 bits per heavy atom. The van der Waals surface area contributed by atoms with Crippen LogP contribution in [0.5, 0.6) is 0 Å². The number of nitrogens with zero attached hydrogens (tertiary/aromatic N) is 2. The summed E-state index contributed by atoms with van der Waals surface area (Å²) < 4.78 is 0. The molecule has 1 atom stereocenters. The van der Waals surface area contributed by atoms with E-state index in [1.807, 2.05) is 14.0 Å². The normalized spacial score (nSPS) is 18.2. The van der Waals surface area contributed by atoms with Gasteiger partial charge in [0.05, 0.1) is 6.04 Å². The second-order valence-electron chi connectivity index (χ2n) is 6.80. The number of nitrogens with one attached hydrogen (secondary N) is 1. The number of benzene rings is 1. The maximum atomic E-state index is 12.3. The van der Waals surface area contributed by atoms with Crippen molar-refractivity contribution in [3.63, 3.8) is 0 Å². The first kappa shape index (κ1) is 13.9. The summed E-state index contributed by atoms with van der Waals surface area (Å²) in [5.41, 5.74) is 5.08. The molecule has 1 aromatic heterocycles. The lowest BCUT2D eigenvalue weighted by Gasteiger charge is -2.24. The fourth-order valence-corrected chi connectivity index (χ4v) is 2.97. The van der Waals surface area contributed by atoms with Crippen LogP contribution in [0.1, 0.15) is 59.7 Å². The molecular formula is C17H21N3O. The van der Waals surface area contributed by atoms with E-state index in [1.165, 1.54) is 5.56 Å². The number of hydrogen-bond donors (Lipinski definition) is 1. The summed E-state index contributed by atoms with van der Waals surface area (Å²) in [6.07, 6.45) is 0. The van der Waals surface area contributed by atoms with E-state index < -0.39 is 0 Å². The van der Waals surface area contributed by atoms with Gasteiger partial charge in [0.2, 0.25) is 0 Å². The van der Waals surface area contributed by atoms with Crippen molar-refractivity contribution in [1.82, 2.24) is 15.1 Å². The summed E-state index contributed by atoms with van der Waals surface area (Å²) in [6.45, 7) is 8.57. The molecule has 21 heavy (non-hydrogen) atoms. The van der Waals surface area contributed by atoms with Gasteiger partial charge in [-0.1, -0.05) is 45.0 Å². The number of carbonyl (C=O) groups is 1. The number of amides is 1. The minimum Gasteiger partial charge on any atom is -0.329 e. The number of H-pyrrole nitrogens is 1. The third kappa shape index (κ3) is 2.06. The van der Waals surface area contributed by atoms with Gasteiger partial charge in [-0.15, -0.1) is 0 Å². The summed E-state index contributed by atoms with van der Waals surface area (Å²) >= 11 is 0. The van der Waals surface area contributed by atoms with Crippen LogP contribution in [0.3, 0.4) is 0 Å². The highest BCUT2D eigenvalue weighted by Crippen LogP contribution is 2.38. The first-order valence-electron chi connectivity index (χ1n) is 7.23. The van der Waals surface area contributed by atoms with Gasteiger partial charge in [-0.25, -0.2) is 0 Å². The van der Waals surface area contributed by atoms with Crippen molar-refractivity contribution in [2.24, 2.45) is 0 Å². The molecule has 1 aromatic carbocycles. The van der Waals surface area contributed by atoms with E-state index in [4.69, 9.17) is 0 Å². The second-order valence-corrected chi connectivity index (χ2v) is 6.80. The predicted molar refractivity (Wildman–Crippen MR) is 82.4 cm³/mol. The number of aryl methyl sites for hydroxylation is 1. The zero-order valence-corrected chi connectivity index (χ0v) is 13.2. The molecule has 2 aromatic rings. The Morgan fingerprint density at radius 3 is 2.38 bits per heavy atom. The first-order valence-corrected chi connectivity index (χ1v) is 7.23. The Bertz CT molecular complexity index is 692. The lowest BCUT2D eigenvalue weighted by molar-refractivity contribution is 0.0787. The number of rotatable bonds is 1. The molecule has 0 radical (unpaired) electrons. The highest BCUT2D eigenvalue weighted by atomic mass is 16.2. The van der Waals surface area contributed by atoms with Crippen LogP contribution in [0, 0.1) is 6.92 Å². The molecule has 0 aliphatic carbocycles. The topological polar surface area (TPSA) is 49.0 Å². The Hall–Kier alpha value is -2.10. The van der Waals surface area contributed by atoms with Crippen LogP contribution in [-0.4, -0.2) is 28.1 Å². The van der Waals surface area contributed by atoms with Gasteiger partial charge in [0, 0.05) is 18.3 Å². The molecule has 110 valence electrons.